The van der Waals surface area contributed by atoms with Crippen LogP contribution in [0, 0.1) is 5.82 Å². The van der Waals surface area contributed by atoms with Crippen LogP contribution in [0.25, 0.3) is 5.52 Å². The summed E-state index contributed by atoms with van der Waals surface area (Å²) >= 11 is 5.94. The highest BCUT2D eigenvalue weighted by molar-refractivity contribution is 6.30. The van der Waals surface area contributed by atoms with E-state index in [9.17, 15) is 18.8 Å². The Bertz CT molecular complexity index is 1590. The Morgan fingerprint density at radius 1 is 1.05 bits per heavy atom. The number of carbonyl (C=O) groups is 1. The number of rotatable bonds is 10. The Morgan fingerprint density at radius 3 is 2.50 bits per heavy atom. The van der Waals surface area contributed by atoms with Gasteiger partial charge in [-0.3, -0.25) is 14.4 Å². The van der Waals surface area contributed by atoms with Crippen molar-refractivity contribution in [2.24, 2.45) is 0 Å². The molecule has 1 N–H and O–H groups in total. The molecule has 4 aromatic rings. The third-order valence-electron chi connectivity index (χ3n) is 5.73. The topological polar surface area (TPSA) is 100 Å². The molecule has 0 atom stereocenters. The summed E-state index contributed by atoms with van der Waals surface area (Å²) in [5, 5.41) is 2.36. The molecule has 198 valence electrons. The van der Waals surface area contributed by atoms with Crippen molar-refractivity contribution >= 4 is 23.0 Å². The number of nitrogens with one attached hydrogen (secondary N) is 1. The Balaban J connectivity index is 1.94. The minimum atomic E-state index is -0.733. The number of hydrogen-bond acceptors (Lipinski definition) is 6. The molecule has 2 heterocycles. The lowest BCUT2D eigenvalue weighted by Crippen LogP contribution is -2.32. The number of nitrogens with zero attached hydrogens (tertiary/aromatic N) is 2. The van der Waals surface area contributed by atoms with Crippen LogP contribution in [0.15, 0.2) is 70.5 Å². The SMILES string of the molecule is CNC(=O)c1cn2c(COCOC)cn(Cc3ccc(F)c(Cl)c3)c(=O)c2c(OCc2ccccc2)c1=O. The van der Waals surface area contributed by atoms with E-state index in [0.717, 1.165) is 5.56 Å². The second kappa shape index (κ2) is 12.0. The number of benzene rings is 2. The van der Waals surface area contributed by atoms with Crippen molar-refractivity contribution in [1.82, 2.24) is 14.3 Å². The van der Waals surface area contributed by atoms with Crippen LogP contribution in [0.2, 0.25) is 5.02 Å². The molecule has 0 unspecified atom stereocenters. The predicted molar refractivity (Wildman–Crippen MR) is 139 cm³/mol. The molecule has 4 rings (SSSR count). The first-order valence-electron chi connectivity index (χ1n) is 11.5. The van der Waals surface area contributed by atoms with Crippen molar-refractivity contribution < 1.29 is 23.4 Å². The van der Waals surface area contributed by atoms with Gasteiger partial charge in [-0.2, -0.15) is 0 Å². The fraction of sp³-hybridized carbons (Fsp3) is 0.222. The second-order valence-electron chi connectivity index (χ2n) is 8.33. The van der Waals surface area contributed by atoms with Crippen LogP contribution in [0.3, 0.4) is 0 Å². The van der Waals surface area contributed by atoms with Gasteiger partial charge >= 0.3 is 0 Å². The quantitative estimate of drug-likeness (QED) is 0.244. The molecule has 0 spiro atoms. The smallest absolute Gasteiger partial charge is 0.279 e. The van der Waals surface area contributed by atoms with Gasteiger partial charge in [0.25, 0.3) is 11.5 Å². The summed E-state index contributed by atoms with van der Waals surface area (Å²) < 4.78 is 32.9. The van der Waals surface area contributed by atoms with Crippen molar-refractivity contribution in [3.63, 3.8) is 0 Å². The third-order valence-corrected chi connectivity index (χ3v) is 6.02. The van der Waals surface area contributed by atoms with Crippen LogP contribution in [0.4, 0.5) is 4.39 Å². The molecular weight excluding hydrogens is 517 g/mol. The number of halogens is 2. The number of amides is 1. The summed E-state index contributed by atoms with van der Waals surface area (Å²) in [4.78, 5) is 39.7. The van der Waals surface area contributed by atoms with Crippen molar-refractivity contribution in [3.05, 3.63) is 115 Å². The molecule has 0 radical (unpaired) electrons. The lowest BCUT2D eigenvalue weighted by atomic mass is 10.2. The minimum absolute atomic E-state index is 0.0135. The summed E-state index contributed by atoms with van der Waals surface area (Å²) in [6, 6.07) is 13.2. The zero-order valence-electron chi connectivity index (χ0n) is 20.7. The van der Waals surface area contributed by atoms with E-state index in [0.29, 0.717) is 11.3 Å². The van der Waals surface area contributed by atoms with Crippen LogP contribution in [-0.2, 0) is 29.2 Å². The summed E-state index contributed by atoms with van der Waals surface area (Å²) in [5.74, 6) is -1.50. The number of aromatic nitrogens is 2. The zero-order chi connectivity index (χ0) is 27.2. The van der Waals surface area contributed by atoms with Crippen molar-refractivity contribution in [3.8, 4) is 5.75 Å². The molecule has 0 bridgehead atoms. The van der Waals surface area contributed by atoms with Crippen molar-refractivity contribution in [2.75, 3.05) is 21.0 Å². The van der Waals surface area contributed by atoms with Crippen molar-refractivity contribution in [2.45, 2.75) is 19.8 Å². The lowest BCUT2D eigenvalue weighted by molar-refractivity contribution is -0.0405. The normalized spacial score (nSPS) is 11.1. The molecule has 11 heteroatoms. The molecular formula is C27H25ClFN3O6. The van der Waals surface area contributed by atoms with Gasteiger partial charge < -0.3 is 28.5 Å². The molecule has 0 aliphatic heterocycles. The van der Waals surface area contributed by atoms with E-state index in [1.165, 1.54) is 53.7 Å². The number of pyridine rings is 1. The first kappa shape index (κ1) is 27.1. The van der Waals surface area contributed by atoms with Gasteiger partial charge in [0.2, 0.25) is 5.43 Å². The molecule has 9 nitrogen and oxygen atoms in total. The van der Waals surface area contributed by atoms with Gasteiger partial charge in [0.05, 0.1) is 23.9 Å². The highest BCUT2D eigenvalue weighted by atomic mass is 35.5. The van der Waals surface area contributed by atoms with E-state index >= 15 is 0 Å². The maximum atomic E-state index is 13.8. The van der Waals surface area contributed by atoms with Gasteiger partial charge in [-0.1, -0.05) is 48.0 Å². The third kappa shape index (κ3) is 5.77. The maximum absolute atomic E-state index is 13.8. The van der Waals surface area contributed by atoms with Gasteiger partial charge in [-0.05, 0) is 23.3 Å². The Hall–Kier alpha value is -3.99. The Kier molecular flexibility index (Phi) is 8.57. The van der Waals surface area contributed by atoms with E-state index in [4.69, 9.17) is 25.8 Å². The lowest BCUT2D eigenvalue weighted by Gasteiger charge is -2.18. The first-order chi connectivity index (χ1) is 18.3. The Morgan fingerprint density at radius 2 is 1.82 bits per heavy atom. The van der Waals surface area contributed by atoms with E-state index in [1.54, 1.807) is 0 Å². The molecule has 0 aliphatic carbocycles. The highest BCUT2D eigenvalue weighted by Crippen LogP contribution is 2.20. The number of hydrogen-bond donors (Lipinski definition) is 1. The second-order valence-corrected chi connectivity index (χ2v) is 8.74. The van der Waals surface area contributed by atoms with Crippen LogP contribution in [0.5, 0.6) is 5.75 Å². The predicted octanol–water partition coefficient (Wildman–Crippen LogP) is 3.36. The molecule has 0 saturated carbocycles. The number of carbonyl (C=O) groups excluding carboxylic acids is 1. The number of methoxy groups -OCH3 is 1. The average Bonchev–Trinajstić information content (AvgIpc) is 2.92. The summed E-state index contributed by atoms with van der Waals surface area (Å²) in [6.45, 7) is -0.0481. The largest absolute Gasteiger partial charge is 0.483 e. The van der Waals surface area contributed by atoms with Crippen molar-refractivity contribution in [1.29, 1.82) is 0 Å². The molecule has 0 aliphatic rings. The van der Waals surface area contributed by atoms with E-state index in [1.807, 2.05) is 30.3 Å². The summed E-state index contributed by atoms with van der Waals surface area (Å²) in [7, 11) is 2.86. The molecule has 2 aromatic carbocycles. The fourth-order valence-corrected chi connectivity index (χ4v) is 4.11. The Labute approximate surface area is 222 Å². The van der Waals surface area contributed by atoms with Gasteiger partial charge in [0, 0.05) is 26.6 Å². The number of fused-ring (bicyclic) bond motifs is 1. The first-order valence-corrected chi connectivity index (χ1v) is 11.9. The number of ether oxygens (including phenoxy) is 3. The summed E-state index contributed by atoms with van der Waals surface area (Å²) in [6.07, 6.45) is 2.82. The van der Waals surface area contributed by atoms with Gasteiger partial charge in [-0.25, -0.2) is 4.39 Å². The van der Waals surface area contributed by atoms with E-state index < -0.39 is 22.7 Å². The van der Waals surface area contributed by atoms with Crippen LogP contribution < -0.4 is 21.0 Å². The maximum Gasteiger partial charge on any atom is 0.279 e. The fourth-order valence-electron chi connectivity index (χ4n) is 3.90. The van der Waals surface area contributed by atoms with Gasteiger partial charge in [0.15, 0.2) is 11.3 Å². The molecule has 2 aromatic heterocycles. The molecule has 0 fully saturated rings. The standard InChI is InChI=1S/C27H25ClFN3O6/c1-30-26(34)20-13-32-19(15-37-16-36-2)12-31(11-18-8-9-22(29)21(28)10-18)27(35)23(32)25(24(20)33)38-14-17-6-4-3-5-7-17/h3-10,12-13H,11,14-16H2,1-2H3,(H,30,34). The molecule has 38 heavy (non-hydrogen) atoms. The molecule has 0 saturated heterocycles. The highest BCUT2D eigenvalue weighted by Gasteiger charge is 2.22. The minimum Gasteiger partial charge on any atom is -0.483 e. The summed E-state index contributed by atoms with van der Waals surface area (Å²) in [5.41, 5.74) is 0.167. The van der Waals surface area contributed by atoms with E-state index in [-0.39, 0.29) is 48.4 Å². The van der Waals surface area contributed by atoms with Crippen LogP contribution in [0.1, 0.15) is 27.2 Å². The van der Waals surface area contributed by atoms with Crippen LogP contribution >= 0.6 is 11.6 Å². The monoisotopic (exact) mass is 541 g/mol. The van der Waals surface area contributed by atoms with Gasteiger partial charge in [-0.15, -0.1) is 0 Å². The van der Waals surface area contributed by atoms with E-state index in [2.05, 4.69) is 5.32 Å². The van der Waals surface area contributed by atoms with Gasteiger partial charge in [0.1, 0.15) is 24.8 Å². The zero-order valence-corrected chi connectivity index (χ0v) is 21.5. The average molecular weight is 542 g/mol. The van der Waals surface area contributed by atoms with Crippen LogP contribution in [-0.4, -0.2) is 35.8 Å². The molecule has 1 amide bonds.